The van der Waals surface area contributed by atoms with Crippen molar-refractivity contribution in [2.24, 2.45) is 5.10 Å². The number of amides is 1. The number of carbonyl (C=O) groups is 1. The number of nitrogens with one attached hydrogen (secondary N) is 1. The average Bonchev–Trinajstić information content (AvgIpc) is 3.07. The summed E-state index contributed by atoms with van der Waals surface area (Å²) in [6.45, 7) is 2.26. The molecule has 0 bridgehead atoms. The van der Waals surface area contributed by atoms with Gasteiger partial charge in [-0.3, -0.25) is 4.79 Å². The van der Waals surface area contributed by atoms with E-state index in [1.807, 2.05) is 31.2 Å². The van der Waals surface area contributed by atoms with E-state index >= 15 is 0 Å². The monoisotopic (exact) mass is 465 g/mol. The van der Waals surface area contributed by atoms with Crippen LogP contribution in [0.25, 0.3) is 10.2 Å². The van der Waals surface area contributed by atoms with Gasteiger partial charge in [0.25, 0.3) is 5.91 Å². The number of ether oxygens (including phenoxy) is 1. The van der Waals surface area contributed by atoms with Crippen molar-refractivity contribution in [1.29, 1.82) is 0 Å². The lowest BCUT2D eigenvalue weighted by Crippen LogP contribution is -2.19. The van der Waals surface area contributed by atoms with E-state index in [4.69, 9.17) is 4.74 Å². The molecule has 3 aromatic rings. The fourth-order valence-electron chi connectivity index (χ4n) is 2.19. The van der Waals surface area contributed by atoms with Crippen molar-refractivity contribution >= 4 is 61.4 Å². The number of phenolic OH excluding ortho intramolecular Hbond substituents is 1. The van der Waals surface area contributed by atoms with Crippen LogP contribution in [0.5, 0.6) is 11.5 Å². The van der Waals surface area contributed by atoms with Crippen molar-refractivity contribution < 1.29 is 14.6 Å². The van der Waals surface area contributed by atoms with Gasteiger partial charge in [0.05, 0.1) is 33.3 Å². The predicted octanol–water partition coefficient (Wildman–Crippen LogP) is 4.41. The number of halogens is 1. The molecule has 140 valence electrons. The molecule has 6 nitrogen and oxygen atoms in total. The number of aromatic hydroxyl groups is 1. The third-order valence-corrected chi connectivity index (χ3v) is 6.14. The Labute approximate surface area is 172 Å². The van der Waals surface area contributed by atoms with Crippen molar-refractivity contribution in [3.63, 3.8) is 0 Å². The molecule has 0 fully saturated rings. The number of rotatable bonds is 7. The molecule has 0 spiro atoms. The Morgan fingerprint density at radius 3 is 3.04 bits per heavy atom. The molecular weight excluding hydrogens is 450 g/mol. The van der Waals surface area contributed by atoms with Gasteiger partial charge in [-0.15, -0.1) is 11.3 Å². The molecule has 0 saturated heterocycles. The fourth-order valence-corrected chi connectivity index (χ4v) is 4.51. The van der Waals surface area contributed by atoms with Gasteiger partial charge in [0.15, 0.2) is 15.8 Å². The van der Waals surface area contributed by atoms with Gasteiger partial charge in [0.1, 0.15) is 0 Å². The number of aromatic nitrogens is 1. The van der Waals surface area contributed by atoms with Crippen LogP contribution in [-0.2, 0) is 4.79 Å². The summed E-state index contributed by atoms with van der Waals surface area (Å²) in [5, 5.41) is 13.9. The van der Waals surface area contributed by atoms with Crippen molar-refractivity contribution in [1.82, 2.24) is 10.4 Å². The van der Waals surface area contributed by atoms with Crippen LogP contribution in [0.1, 0.15) is 12.5 Å². The topological polar surface area (TPSA) is 83.8 Å². The molecule has 27 heavy (non-hydrogen) atoms. The molecule has 1 aromatic heterocycles. The van der Waals surface area contributed by atoms with Gasteiger partial charge in [0, 0.05) is 0 Å². The lowest BCUT2D eigenvalue weighted by molar-refractivity contribution is -0.118. The quantitative estimate of drug-likeness (QED) is 0.306. The number of carbonyl (C=O) groups excluding carboxylic acids is 1. The molecular formula is C18H16BrN3O3S2. The van der Waals surface area contributed by atoms with E-state index in [9.17, 15) is 9.90 Å². The Hall–Kier alpha value is -2.10. The van der Waals surface area contributed by atoms with Gasteiger partial charge in [-0.25, -0.2) is 10.4 Å². The number of thiazole rings is 1. The maximum Gasteiger partial charge on any atom is 0.250 e. The molecule has 0 aliphatic rings. The smallest absolute Gasteiger partial charge is 0.250 e. The van der Waals surface area contributed by atoms with E-state index in [0.29, 0.717) is 22.4 Å². The van der Waals surface area contributed by atoms with Crippen LogP contribution in [0, 0.1) is 0 Å². The number of hydrogen-bond acceptors (Lipinski definition) is 7. The van der Waals surface area contributed by atoms with Crippen LogP contribution < -0.4 is 10.2 Å². The van der Waals surface area contributed by atoms with E-state index in [1.54, 1.807) is 23.5 Å². The van der Waals surface area contributed by atoms with Crippen LogP contribution in [-0.4, -0.2) is 34.6 Å². The van der Waals surface area contributed by atoms with E-state index in [-0.39, 0.29) is 17.4 Å². The number of fused-ring (bicyclic) bond motifs is 1. The highest BCUT2D eigenvalue weighted by molar-refractivity contribution is 9.10. The average molecular weight is 466 g/mol. The van der Waals surface area contributed by atoms with Gasteiger partial charge < -0.3 is 9.84 Å². The van der Waals surface area contributed by atoms with Crippen molar-refractivity contribution in [3.8, 4) is 11.5 Å². The Balaban J connectivity index is 1.55. The number of hydrazone groups is 1. The van der Waals surface area contributed by atoms with Gasteiger partial charge in [-0.1, -0.05) is 23.9 Å². The molecule has 0 atom stereocenters. The molecule has 0 aliphatic carbocycles. The van der Waals surface area contributed by atoms with Crippen molar-refractivity contribution in [2.45, 2.75) is 11.3 Å². The number of hydrogen-bond donors (Lipinski definition) is 2. The maximum absolute atomic E-state index is 12.0. The molecule has 0 radical (unpaired) electrons. The van der Waals surface area contributed by atoms with Gasteiger partial charge in [0.2, 0.25) is 0 Å². The first kappa shape index (κ1) is 19.7. The lowest BCUT2D eigenvalue weighted by atomic mass is 10.2. The molecule has 9 heteroatoms. The SMILES string of the molecule is CCOc1cc(/C=N\NC(=O)CSc2nc3ccccc3s2)cc(Br)c1O. The minimum atomic E-state index is -0.224. The molecule has 0 unspecified atom stereocenters. The third kappa shape index (κ3) is 5.21. The van der Waals surface area contributed by atoms with Gasteiger partial charge >= 0.3 is 0 Å². The number of thioether (sulfide) groups is 1. The number of nitrogens with zero attached hydrogens (tertiary/aromatic N) is 2. The first-order chi connectivity index (χ1) is 13.1. The second kappa shape index (κ2) is 9.20. The zero-order valence-electron chi connectivity index (χ0n) is 14.3. The van der Waals surface area contributed by atoms with Crippen LogP contribution in [0.4, 0.5) is 0 Å². The van der Waals surface area contributed by atoms with Gasteiger partial charge in [-0.05, 0) is 52.7 Å². The minimum Gasteiger partial charge on any atom is -0.503 e. The summed E-state index contributed by atoms with van der Waals surface area (Å²) in [5.41, 5.74) is 4.11. The Kier molecular flexibility index (Phi) is 6.70. The molecule has 1 heterocycles. The molecule has 0 aliphatic heterocycles. The highest BCUT2D eigenvalue weighted by Crippen LogP contribution is 2.35. The Morgan fingerprint density at radius 1 is 1.44 bits per heavy atom. The first-order valence-corrected chi connectivity index (χ1v) is 10.6. The highest BCUT2D eigenvalue weighted by Gasteiger charge is 2.09. The summed E-state index contributed by atoms with van der Waals surface area (Å²) in [5.74, 6) is 0.385. The highest BCUT2D eigenvalue weighted by atomic mass is 79.9. The minimum absolute atomic E-state index is 0.0327. The first-order valence-electron chi connectivity index (χ1n) is 8.02. The summed E-state index contributed by atoms with van der Waals surface area (Å²) in [7, 11) is 0. The lowest BCUT2D eigenvalue weighted by Gasteiger charge is -2.08. The zero-order valence-corrected chi connectivity index (χ0v) is 17.5. The summed E-state index contributed by atoms with van der Waals surface area (Å²) in [4.78, 5) is 16.4. The molecule has 2 N–H and O–H groups in total. The second-order valence-electron chi connectivity index (χ2n) is 5.31. The second-order valence-corrected chi connectivity index (χ2v) is 8.42. The van der Waals surface area contributed by atoms with E-state index in [2.05, 4.69) is 31.4 Å². The summed E-state index contributed by atoms with van der Waals surface area (Å²) in [6, 6.07) is 11.2. The van der Waals surface area contributed by atoms with E-state index in [1.165, 1.54) is 18.0 Å². The largest absolute Gasteiger partial charge is 0.503 e. The standard InChI is InChI=1S/C18H16BrN3O3S2/c1-2-25-14-8-11(7-12(19)17(14)24)9-20-22-16(23)10-26-18-21-13-5-3-4-6-15(13)27-18/h3-9,24H,2,10H2,1H3,(H,22,23)/b20-9-. The Morgan fingerprint density at radius 2 is 2.26 bits per heavy atom. The fraction of sp³-hybridized carbons (Fsp3) is 0.167. The molecule has 3 rings (SSSR count). The maximum atomic E-state index is 12.0. The van der Waals surface area contributed by atoms with Crippen LogP contribution in [0.3, 0.4) is 0 Å². The third-order valence-electron chi connectivity index (χ3n) is 3.35. The number of phenols is 1. The summed E-state index contributed by atoms with van der Waals surface area (Å²) >= 11 is 6.20. The van der Waals surface area contributed by atoms with E-state index < -0.39 is 0 Å². The van der Waals surface area contributed by atoms with Gasteiger partial charge in [-0.2, -0.15) is 5.10 Å². The molecule has 2 aromatic carbocycles. The van der Waals surface area contributed by atoms with Crippen LogP contribution >= 0.6 is 39.0 Å². The van der Waals surface area contributed by atoms with Crippen LogP contribution in [0.15, 0.2) is 50.3 Å². The molecule has 1 amide bonds. The normalized spacial score (nSPS) is 11.2. The number of para-hydroxylation sites is 1. The summed E-state index contributed by atoms with van der Waals surface area (Å²) < 4.78 is 7.80. The molecule has 0 saturated carbocycles. The predicted molar refractivity (Wildman–Crippen MR) is 113 cm³/mol. The zero-order chi connectivity index (χ0) is 19.2. The van der Waals surface area contributed by atoms with Crippen molar-refractivity contribution in [3.05, 3.63) is 46.4 Å². The van der Waals surface area contributed by atoms with Crippen molar-refractivity contribution in [2.75, 3.05) is 12.4 Å². The number of benzene rings is 2. The van der Waals surface area contributed by atoms with Crippen LogP contribution in [0.2, 0.25) is 0 Å². The summed E-state index contributed by atoms with van der Waals surface area (Å²) in [6.07, 6.45) is 1.49. The van der Waals surface area contributed by atoms with E-state index in [0.717, 1.165) is 14.6 Å². The Bertz CT molecular complexity index is 958.